The SMILES string of the molecule is C=C(C)C(=O)OCCCc1cc(CCO)ccc1-c1ccc(-c2ccc(CCCCC)cc2)cc1C. The first kappa shape index (κ1) is 27.4. The highest BCUT2D eigenvalue weighted by atomic mass is 16.5. The largest absolute Gasteiger partial charge is 0.462 e. The third-order valence-corrected chi connectivity index (χ3v) is 6.62. The van der Waals surface area contributed by atoms with Crippen LogP contribution in [0.2, 0.25) is 0 Å². The molecule has 0 saturated carbocycles. The van der Waals surface area contributed by atoms with Gasteiger partial charge in [0.15, 0.2) is 0 Å². The zero-order valence-corrected chi connectivity index (χ0v) is 22.1. The summed E-state index contributed by atoms with van der Waals surface area (Å²) in [5, 5.41) is 9.41. The van der Waals surface area contributed by atoms with E-state index in [4.69, 9.17) is 4.74 Å². The molecule has 0 fully saturated rings. The van der Waals surface area contributed by atoms with Gasteiger partial charge >= 0.3 is 5.97 Å². The van der Waals surface area contributed by atoms with Gasteiger partial charge in [0.1, 0.15) is 0 Å². The predicted octanol–water partition coefficient (Wildman–Crippen LogP) is 7.65. The maximum Gasteiger partial charge on any atom is 0.333 e. The van der Waals surface area contributed by atoms with Crippen LogP contribution in [-0.2, 0) is 28.8 Å². The van der Waals surface area contributed by atoms with Crippen molar-refractivity contribution < 1.29 is 14.6 Å². The van der Waals surface area contributed by atoms with Gasteiger partial charge in [-0.3, -0.25) is 0 Å². The maximum absolute atomic E-state index is 11.7. The van der Waals surface area contributed by atoms with Crippen molar-refractivity contribution in [3.8, 4) is 22.3 Å². The second-order valence-electron chi connectivity index (χ2n) is 9.67. The van der Waals surface area contributed by atoms with Crippen molar-refractivity contribution in [1.82, 2.24) is 0 Å². The number of ether oxygens (including phenoxy) is 1. The summed E-state index contributed by atoms with van der Waals surface area (Å²) in [5.41, 5.74) is 10.2. The summed E-state index contributed by atoms with van der Waals surface area (Å²) in [4.78, 5) is 11.7. The number of carbonyl (C=O) groups excluding carboxylic acids is 1. The van der Waals surface area contributed by atoms with E-state index < -0.39 is 0 Å². The average molecular weight is 485 g/mol. The third-order valence-electron chi connectivity index (χ3n) is 6.62. The Labute approximate surface area is 216 Å². The first-order valence-electron chi connectivity index (χ1n) is 13.2. The molecule has 36 heavy (non-hydrogen) atoms. The van der Waals surface area contributed by atoms with E-state index >= 15 is 0 Å². The molecule has 0 radical (unpaired) electrons. The fraction of sp³-hybridized carbons (Fsp3) is 0.364. The fourth-order valence-corrected chi connectivity index (χ4v) is 4.54. The Bertz CT molecular complexity index is 1160. The van der Waals surface area contributed by atoms with Crippen molar-refractivity contribution in [2.45, 2.75) is 65.7 Å². The van der Waals surface area contributed by atoms with Crippen LogP contribution in [0.4, 0.5) is 0 Å². The molecule has 3 aromatic carbocycles. The minimum absolute atomic E-state index is 0.125. The maximum atomic E-state index is 11.7. The Morgan fingerprint density at radius 3 is 2.19 bits per heavy atom. The Morgan fingerprint density at radius 2 is 1.53 bits per heavy atom. The number of benzene rings is 3. The van der Waals surface area contributed by atoms with Gasteiger partial charge in [-0.1, -0.05) is 87.0 Å². The average Bonchev–Trinajstić information content (AvgIpc) is 2.87. The van der Waals surface area contributed by atoms with Crippen LogP contribution in [0.5, 0.6) is 0 Å². The molecule has 0 atom stereocenters. The van der Waals surface area contributed by atoms with E-state index in [1.807, 2.05) is 0 Å². The number of aliphatic hydroxyl groups is 1. The normalized spacial score (nSPS) is 10.9. The summed E-state index contributed by atoms with van der Waals surface area (Å²) in [5.74, 6) is -0.343. The van der Waals surface area contributed by atoms with Crippen LogP contribution in [0, 0.1) is 6.92 Å². The van der Waals surface area contributed by atoms with Crippen LogP contribution in [0.25, 0.3) is 22.3 Å². The number of aryl methyl sites for hydroxylation is 3. The number of rotatable bonds is 13. The molecule has 0 aliphatic heterocycles. The van der Waals surface area contributed by atoms with Gasteiger partial charge in [0.25, 0.3) is 0 Å². The van der Waals surface area contributed by atoms with Crippen LogP contribution >= 0.6 is 0 Å². The van der Waals surface area contributed by atoms with Crippen LogP contribution in [0.15, 0.2) is 72.8 Å². The number of carbonyl (C=O) groups is 1. The Hall–Kier alpha value is -3.17. The van der Waals surface area contributed by atoms with Crippen molar-refractivity contribution in [3.05, 3.63) is 95.1 Å². The number of esters is 1. The van der Waals surface area contributed by atoms with Crippen molar-refractivity contribution in [1.29, 1.82) is 0 Å². The van der Waals surface area contributed by atoms with Gasteiger partial charge in [-0.2, -0.15) is 0 Å². The molecule has 0 unspecified atom stereocenters. The van der Waals surface area contributed by atoms with Gasteiger partial charge < -0.3 is 9.84 Å². The number of unbranched alkanes of at least 4 members (excludes halogenated alkanes) is 2. The number of aliphatic hydroxyl groups excluding tert-OH is 1. The molecule has 0 aliphatic rings. The molecular formula is C33H40O3. The minimum atomic E-state index is -0.343. The predicted molar refractivity (Wildman–Crippen MR) is 150 cm³/mol. The van der Waals surface area contributed by atoms with Crippen LogP contribution in [0.1, 0.15) is 61.8 Å². The summed E-state index contributed by atoms with van der Waals surface area (Å²) in [6.07, 6.45) is 7.08. The number of hydrogen-bond donors (Lipinski definition) is 1. The third kappa shape index (κ3) is 7.66. The number of hydrogen-bond acceptors (Lipinski definition) is 3. The van der Waals surface area contributed by atoms with E-state index in [0.29, 0.717) is 18.6 Å². The molecule has 0 aromatic heterocycles. The zero-order valence-electron chi connectivity index (χ0n) is 22.1. The van der Waals surface area contributed by atoms with Gasteiger partial charge in [-0.05, 0) is 90.5 Å². The molecule has 0 saturated heterocycles. The Morgan fingerprint density at radius 1 is 0.833 bits per heavy atom. The van der Waals surface area contributed by atoms with E-state index in [-0.39, 0.29) is 12.6 Å². The molecule has 3 heteroatoms. The first-order chi connectivity index (χ1) is 17.4. The molecular weight excluding hydrogens is 444 g/mol. The highest BCUT2D eigenvalue weighted by Gasteiger charge is 2.11. The summed E-state index contributed by atoms with van der Waals surface area (Å²) in [7, 11) is 0. The molecule has 3 aromatic rings. The smallest absolute Gasteiger partial charge is 0.333 e. The lowest BCUT2D eigenvalue weighted by Gasteiger charge is -2.16. The molecule has 1 N–H and O–H groups in total. The lowest BCUT2D eigenvalue weighted by molar-refractivity contribution is -0.139. The van der Waals surface area contributed by atoms with Crippen LogP contribution < -0.4 is 0 Å². The fourth-order valence-electron chi connectivity index (χ4n) is 4.54. The zero-order chi connectivity index (χ0) is 25.9. The minimum Gasteiger partial charge on any atom is -0.462 e. The molecule has 3 rings (SSSR count). The van der Waals surface area contributed by atoms with E-state index in [2.05, 4.69) is 81.1 Å². The van der Waals surface area contributed by atoms with Crippen LogP contribution in [-0.4, -0.2) is 24.3 Å². The van der Waals surface area contributed by atoms with Crippen molar-refractivity contribution in [2.75, 3.05) is 13.2 Å². The summed E-state index contributed by atoms with van der Waals surface area (Å²) in [6, 6.07) is 22.1. The lowest BCUT2D eigenvalue weighted by Crippen LogP contribution is -2.07. The van der Waals surface area contributed by atoms with E-state index in [0.717, 1.165) is 24.8 Å². The Balaban J connectivity index is 1.79. The lowest BCUT2D eigenvalue weighted by atomic mass is 9.90. The molecule has 0 aliphatic carbocycles. The molecule has 0 spiro atoms. The van der Waals surface area contributed by atoms with E-state index in [1.54, 1.807) is 6.92 Å². The summed E-state index contributed by atoms with van der Waals surface area (Å²) < 4.78 is 5.29. The molecule has 0 heterocycles. The topological polar surface area (TPSA) is 46.5 Å². The first-order valence-corrected chi connectivity index (χ1v) is 13.2. The van der Waals surface area contributed by atoms with Crippen molar-refractivity contribution in [2.24, 2.45) is 0 Å². The van der Waals surface area contributed by atoms with Crippen molar-refractivity contribution >= 4 is 5.97 Å². The standard InChI is InChI=1S/C33H40O3/c1-5-6-7-9-26-11-14-28(15-12-26)29-16-18-31(25(4)22-29)32-17-13-27(19-20-34)23-30(32)10-8-21-36-33(35)24(2)3/h11-18,22-23,34H,2,5-10,19-21H2,1,3-4H3. The highest BCUT2D eigenvalue weighted by molar-refractivity contribution is 5.86. The summed E-state index contributed by atoms with van der Waals surface area (Å²) >= 11 is 0. The van der Waals surface area contributed by atoms with Gasteiger partial charge in [-0.15, -0.1) is 0 Å². The molecule has 190 valence electrons. The van der Waals surface area contributed by atoms with E-state index in [9.17, 15) is 9.90 Å². The molecule has 0 bridgehead atoms. The summed E-state index contributed by atoms with van der Waals surface area (Å²) in [6.45, 7) is 10.2. The van der Waals surface area contributed by atoms with E-state index in [1.165, 1.54) is 58.2 Å². The molecule has 0 amide bonds. The van der Waals surface area contributed by atoms with Crippen LogP contribution in [0.3, 0.4) is 0 Å². The Kier molecular flexibility index (Phi) is 10.5. The second-order valence-corrected chi connectivity index (χ2v) is 9.67. The highest BCUT2D eigenvalue weighted by Crippen LogP contribution is 2.32. The van der Waals surface area contributed by atoms with Crippen molar-refractivity contribution in [3.63, 3.8) is 0 Å². The quantitative estimate of drug-likeness (QED) is 0.154. The monoisotopic (exact) mass is 484 g/mol. The van der Waals surface area contributed by atoms with Gasteiger partial charge in [0.2, 0.25) is 0 Å². The van der Waals surface area contributed by atoms with Gasteiger partial charge in [0, 0.05) is 12.2 Å². The second kappa shape index (κ2) is 13.8. The van der Waals surface area contributed by atoms with Gasteiger partial charge in [0.05, 0.1) is 6.61 Å². The molecule has 3 nitrogen and oxygen atoms in total. The van der Waals surface area contributed by atoms with Gasteiger partial charge in [-0.25, -0.2) is 4.79 Å².